The molecule has 5 heteroatoms. The highest BCUT2D eigenvalue weighted by atomic mass is 32.1. The second-order valence-corrected chi connectivity index (χ2v) is 5.50. The molecule has 4 nitrogen and oxygen atoms in total. The minimum Gasteiger partial charge on any atom is -0.478 e. The smallest absolute Gasteiger partial charge is 0.335 e. The second-order valence-electron chi connectivity index (χ2n) is 4.43. The lowest BCUT2D eigenvalue weighted by Crippen LogP contribution is -2.13. The van der Waals surface area contributed by atoms with Gasteiger partial charge in [0.15, 0.2) is 0 Å². The van der Waals surface area contributed by atoms with Crippen LogP contribution in [0, 0.1) is 0 Å². The Kier molecular flexibility index (Phi) is 3.12. The zero-order chi connectivity index (χ0) is 14.1. The Bertz CT molecular complexity index is 847. The molecule has 3 rings (SSSR count). The summed E-state index contributed by atoms with van der Waals surface area (Å²) in [5.41, 5.74) is 1.00. The summed E-state index contributed by atoms with van der Waals surface area (Å²) in [4.78, 5) is 23.2. The number of hydrogen-bond acceptors (Lipinski definition) is 3. The Hall–Kier alpha value is -2.40. The predicted octanol–water partition coefficient (Wildman–Crippen LogP) is 2.81. The Balaban J connectivity index is 2.01. The van der Waals surface area contributed by atoms with Crippen molar-refractivity contribution < 1.29 is 9.90 Å². The molecule has 0 aliphatic carbocycles. The van der Waals surface area contributed by atoms with Gasteiger partial charge in [0, 0.05) is 0 Å². The lowest BCUT2D eigenvalue weighted by molar-refractivity contribution is 0.0697. The van der Waals surface area contributed by atoms with E-state index in [4.69, 9.17) is 5.11 Å². The molecule has 0 amide bonds. The summed E-state index contributed by atoms with van der Waals surface area (Å²) in [6.07, 6.45) is 0. The van der Waals surface area contributed by atoms with Crippen LogP contribution in [-0.2, 0) is 6.54 Å². The standard InChI is InChI=1S/C15H11NO3S/c17-14-12-6-1-2-7-13(12)20-16(14)9-10-4-3-5-11(8-10)15(18)19/h1-8H,9H2,(H,18,19). The molecule has 0 spiro atoms. The van der Waals surface area contributed by atoms with Crippen molar-refractivity contribution in [1.82, 2.24) is 3.96 Å². The molecule has 20 heavy (non-hydrogen) atoms. The van der Waals surface area contributed by atoms with Crippen LogP contribution in [0.1, 0.15) is 15.9 Å². The van der Waals surface area contributed by atoms with Gasteiger partial charge in [0.1, 0.15) is 0 Å². The van der Waals surface area contributed by atoms with E-state index in [1.165, 1.54) is 11.5 Å². The van der Waals surface area contributed by atoms with Crippen molar-refractivity contribution in [2.75, 3.05) is 0 Å². The lowest BCUT2D eigenvalue weighted by atomic mass is 10.1. The van der Waals surface area contributed by atoms with Crippen molar-refractivity contribution in [1.29, 1.82) is 0 Å². The van der Waals surface area contributed by atoms with Gasteiger partial charge in [-0.25, -0.2) is 4.79 Å². The second kappa shape index (κ2) is 4.94. The van der Waals surface area contributed by atoms with Gasteiger partial charge in [-0.1, -0.05) is 35.8 Å². The van der Waals surface area contributed by atoms with Crippen molar-refractivity contribution in [2.24, 2.45) is 0 Å². The van der Waals surface area contributed by atoms with Gasteiger partial charge >= 0.3 is 5.97 Å². The van der Waals surface area contributed by atoms with E-state index >= 15 is 0 Å². The molecule has 0 unspecified atom stereocenters. The number of carbonyl (C=O) groups is 1. The van der Waals surface area contributed by atoms with Gasteiger partial charge in [-0.15, -0.1) is 0 Å². The van der Waals surface area contributed by atoms with Crippen molar-refractivity contribution in [3.63, 3.8) is 0 Å². The summed E-state index contributed by atoms with van der Waals surface area (Å²) in [6, 6.07) is 14.1. The van der Waals surface area contributed by atoms with E-state index in [1.807, 2.05) is 24.3 Å². The maximum atomic E-state index is 12.2. The fraction of sp³-hybridized carbons (Fsp3) is 0.0667. The van der Waals surface area contributed by atoms with Crippen LogP contribution in [0.2, 0.25) is 0 Å². The van der Waals surface area contributed by atoms with Crippen LogP contribution in [0.5, 0.6) is 0 Å². The Morgan fingerprint density at radius 1 is 1.15 bits per heavy atom. The molecule has 1 aromatic heterocycles. The maximum absolute atomic E-state index is 12.2. The largest absolute Gasteiger partial charge is 0.478 e. The molecule has 100 valence electrons. The molecular formula is C15H11NO3S. The molecule has 0 saturated heterocycles. The van der Waals surface area contributed by atoms with Crippen LogP contribution in [0.4, 0.5) is 0 Å². The first-order valence-electron chi connectivity index (χ1n) is 6.06. The number of nitrogens with zero attached hydrogens (tertiary/aromatic N) is 1. The van der Waals surface area contributed by atoms with E-state index in [-0.39, 0.29) is 11.1 Å². The number of fused-ring (bicyclic) bond motifs is 1. The summed E-state index contributed by atoms with van der Waals surface area (Å²) >= 11 is 1.39. The highest BCUT2D eigenvalue weighted by molar-refractivity contribution is 7.13. The average molecular weight is 285 g/mol. The number of hydrogen-bond donors (Lipinski definition) is 1. The van der Waals surface area contributed by atoms with Gasteiger partial charge in [0.25, 0.3) is 5.56 Å². The molecule has 0 bridgehead atoms. The number of rotatable bonds is 3. The van der Waals surface area contributed by atoms with Crippen molar-refractivity contribution in [2.45, 2.75) is 6.54 Å². The van der Waals surface area contributed by atoms with Crippen LogP contribution in [-0.4, -0.2) is 15.0 Å². The van der Waals surface area contributed by atoms with Gasteiger partial charge in [0.2, 0.25) is 0 Å². The third-order valence-corrected chi connectivity index (χ3v) is 4.12. The zero-order valence-electron chi connectivity index (χ0n) is 10.4. The normalized spacial score (nSPS) is 10.8. The number of benzene rings is 2. The van der Waals surface area contributed by atoms with E-state index in [9.17, 15) is 9.59 Å². The van der Waals surface area contributed by atoms with E-state index < -0.39 is 5.97 Å². The van der Waals surface area contributed by atoms with Gasteiger partial charge in [-0.05, 0) is 29.8 Å². The van der Waals surface area contributed by atoms with Gasteiger partial charge in [-0.2, -0.15) is 0 Å². The molecule has 0 atom stereocenters. The van der Waals surface area contributed by atoms with Crippen LogP contribution in [0.3, 0.4) is 0 Å². The van der Waals surface area contributed by atoms with Crippen LogP contribution < -0.4 is 5.56 Å². The van der Waals surface area contributed by atoms with Crippen molar-refractivity contribution in [3.8, 4) is 0 Å². The molecule has 3 aromatic rings. The van der Waals surface area contributed by atoms with E-state index in [0.717, 1.165) is 10.3 Å². The average Bonchev–Trinajstić information content (AvgIpc) is 2.76. The van der Waals surface area contributed by atoms with E-state index in [1.54, 1.807) is 28.2 Å². The highest BCUT2D eigenvalue weighted by Gasteiger charge is 2.08. The summed E-state index contributed by atoms with van der Waals surface area (Å²) in [6.45, 7) is 0.388. The van der Waals surface area contributed by atoms with E-state index in [2.05, 4.69) is 0 Å². The lowest BCUT2D eigenvalue weighted by Gasteiger charge is -2.02. The van der Waals surface area contributed by atoms with Crippen LogP contribution in [0.25, 0.3) is 10.1 Å². The summed E-state index contributed by atoms with van der Waals surface area (Å²) in [5.74, 6) is -0.962. The highest BCUT2D eigenvalue weighted by Crippen LogP contribution is 2.17. The molecule has 0 fully saturated rings. The predicted molar refractivity (Wildman–Crippen MR) is 78.6 cm³/mol. The minimum atomic E-state index is -0.962. The van der Waals surface area contributed by atoms with Crippen LogP contribution >= 0.6 is 11.5 Å². The molecule has 0 aliphatic heterocycles. The first kappa shape index (κ1) is 12.6. The first-order valence-corrected chi connectivity index (χ1v) is 6.83. The molecule has 0 radical (unpaired) electrons. The minimum absolute atomic E-state index is 0.0358. The maximum Gasteiger partial charge on any atom is 0.335 e. The first-order chi connectivity index (χ1) is 9.65. The van der Waals surface area contributed by atoms with Crippen molar-refractivity contribution >= 4 is 27.6 Å². The molecule has 0 saturated carbocycles. The number of carboxylic acids is 1. The Labute approximate surface area is 118 Å². The van der Waals surface area contributed by atoms with Gasteiger partial charge in [-0.3, -0.25) is 8.75 Å². The number of aromatic carboxylic acids is 1. The zero-order valence-corrected chi connectivity index (χ0v) is 11.3. The number of aromatic nitrogens is 1. The van der Waals surface area contributed by atoms with Crippen molar-refractivity contribution in [3.05, 3.63) is 70.0 Å². The fourth-order valence-electron chi connectivity index (χ4n) is 2.09. The summed E-state index contributed by atoms with van der Waals surface area (Å²) < 4.78 is 2.58. The van der Waals surface area contributed by atoms with E-state index in [0.29, 0.717) is 11.9 Å². The third kappa shape index (κ3) is 2.23. The van der Waals surface area contributed by atoms with Crippen LogP contribution in [0.15, 0.2) is 53.3 Å². The monoisotopic (exact) mass is 285 g/mol. The molecule has 0 aliphatic rings. The third-order valence-electron chi connectivity index (χ3n) is 3.05. The Morgan fingerprint density at radius 2 is 1.95 bits per heavy atom. The molecular weight excluding hydrogens is 274 g/mol. The molecule has 1 N–H and O–H groups in total. The SMILES string of the molecule is O=C(O)c1cccc(Cn2sc3ccccc3c2=O)c1. The van der Waals surface area contributed by atoms with Gasteiger partial charge < -0.3 is 5.11 Å². The fourth-order valence-corrected chi connectivity index (χ4v) is 3.12. The van der Waals surface area contributed by atoms with Gasteiger partial charge in [0.05, 0.1) is 22.2 Å². The Morgan fingerprint density at radius 3 is 2.70 bits per heavy atom. The topological polar surface area (TPSA) is 59.3 Å². The quantitative estimate of drug-likeness (QED) is 0.805. The molecule has 1 heterocycles. The summed E-state index contributed by atoms with van der Waals surface area (Å²) in [7, 11) is 0. The number of carboxylic acid groups (broad SMARTS) is 1. The molecule has 2 aromatic carbocycles. The summed E-state index contributed by atoms with van der Waals surface area (Å²) in [5, 5.41) is 9.68.